The summed E-state index contributed by atoms with van der Waals surface area (Å²) in [6, 6.07) is 24.5. The number of anilines is 1. The quantitative estimate of drug-likeness (QED) is 0.461. The van der Waals surface area contributed by atoms with Crippen LogP contribution in [0.25, 0.3) is 28.1 Å². The molecule has 2 heterocycles. The second kappa shape index (κ2) is 7.81. The molecule has 0 aliphatic heterocycles. The number of hydrogen-bond donors (Lipinski definition) is 1. The van der Waals surface area contributed by atoms with Gasteiger partial charge in [0.25, 0.3) is 5.56 Å². The number of fused-ring (bicyclic) bond motifs is 3. The van der Waals surface area contributed by atoms with Crippen molar-refractivity contribution in [3.05, 3.63) is 100 Å². The number of carbonyl (C=O) groups excluding carboxylic acids is 1. The molecule has 158 valence electrons. The van der Waals surface area contributed by atoms with Crippen molar-refractivity contribution < 1.29 is 4.79 Å². The first-order chi connectivity index (χ1) is 15.5. The lowest BCUT2D eigenvalue weighted by atomic mass is 10.1. The molecule has 2 aromatic heterocycles. The molecule has 0 spiro atoms. The van der Waals surface area contributed by atoms with Crippen LogP contribution in [-0.4, -0.2) is 19.9 Å². The summed E-state index contributed by atoms with van der Waals surface area (Å²) in [5.74, 6) is 0.253. The number of carbonyl (C=O) groups is 1. The Morgan fingerprint density at radius 1 is 0.875 bits per heavy atom. The fourth-order valence-corrected chi connectivity index (χ4v) is 3.94. The van der Waals surface area contributed by atoms with E-state index in [-0.39, 0.29) is 18.0 Å². The van der Waals surface area contributed by atoms with E-state index in [1.807, 2.05) is 86.6 Å². The van der Waals surface area contributed by atoms with Gasteiger partial charge >= 0.3 is 0 Å². The molecule has 1 amide bonds. The Bertz CT molecular complexity index is 1530. The summed E-state index contributed by atoms with van der Waals surface area (Å²) >= 11 is 0. The number of aryl methyl sites for hydroxylation is 2. The molecule has 1 N–H and O–H groups in total. The molecule has 5 aromatic rings. The highest BCUT2D eigenvalue weighted by atomic mass is 16.2. The molecule has 3 aromatic carbocycles. The lowest BCUT2D eigenvalue weighted by Crippen LogP contribution is -2.20. The van der Waals surface area contributed by atoms with Crippen LogP contribution in [0.4, 0.5) is 5.69 Å². The number of aromatic nitrogens is 3. The van der Waals surface area contributed by atoms with Crippen LogP contribution in [0.1, 0.15) is 11.1 Å². The van der Waals surface area contributed by atoms with E-state index in [9.17, 15) is 9.59 Å². The zero-order chi connectivity index (χ0) is 22.2. The predicted octanol–water partition coefficient (Wildman–Crippen LogP) is 4.57. The van der Waals surface area contributed by atoms with Crippen molar-refractivity contribution in [1.29, 1.82) is 0 Å². The third kappa shape index (κ3) is 3.46. The van der Waals surface area contributed by atoms with Gasteiger partial charge in [0.1, 0.15) is 6.54 Å². The van der Waals surface area contributed by atoms with E-state index in [0.29, 0.717) is 11.5 Å². The maximum atomic E-state index is 13.1. The number of nitrogens with one attached hydrogen (secondary N) is 1. The monoisotopic (exact) mass is 422 g/mol. The fraction of sp³-hybridized carbons (Fsp3) is 0.115. The van der Waals surface area contributed by atoms with Gasteiger partial charge in [-0.3, -0.25) is 9.59 Å². The van der Waals surface area contributed by atoms with Gasteiger partial charge in [0.15, 0.2) is 0 Å². The minimum absolute atomic E-state index is 0.0363. The maximum Gasteiger partial charge on any atom is 0.260 e. The Morgan fingerprint density at radius 2 is 1.59 bits per heavy atom. The zero-order valence-electron chi connectivity index (χ0n) is 17.9. The molecule has 0 bridgehead atoms. The van der Waals surface area contributed by atoms with Crippen LogP contribution in [0.5, 0.6) is 0 Å². The van der Waals surface area contributed by atoms with Crippen LogP contribution >= 0.6 is 0 Å². The lowest BCUT2D eigenvalue weighted by Gasteiger charge is -2.10. The Kier molecular flexibility index (Phi) is 4.82. The van der Waals surface area contributed by atoms with Gasteiger partial charge in [0.2, 0.25) is 11.7 Å². The van der Waals surface area contributed by atoms with Crippen molar-refractivity contribution in [2.24, 2.45) is 0 Å². The van der Waals surface area contributed by atoms with Crippen molar-refractivity contribution in [2.75, 3.05) is 5.32 Å². The summed E-state index contributed by atoms with van der Waals surface area (Å²) in [6.07, 6.45) is 0. The van der Waals surface area contributed by atoms with Gasteiger partial charge in [-0.1, -0.05) is 48.5 Å². The number of nitrogens with zero attached hydrogens (tertiary/aromatic N) is 3. The molecule has 0 aliphatic carbocycles. The molecular weight excluding hydrogens is 400 g/mol. The second-order valence-corrected chi connectivity index (χ2v) is 7.90. The smallest absolute Gasteiger partial charge is 0.260 e. The molecule has 0 saturated carbocycles. The van der Waals surface area contributed by atoms with Gasteiger partial charge in [-0.15, -0.1) is 0 Å². The third-order valence-corrected chi connectivity index (χ3v) is 5.72. The molecular formula is C26H22N4O2. The summed E-state index contributed by atoms with van der Waals surface area (Å²) in [5.41, 5.74) is 5.77. The first-order valence-electron chi connectivity index (χ1n) is 10.4. The summed E-state index contributed by atoms with van der Waals surface area (Å²) in [5, 5.41) is 2.96. The standard InChI is InChI=1S/C26H22N4O2/c1-17-12-13-20(14-18(17)2)27-24(31)16-29-22-10-6-7-11-23(22)30-25(32)15-21(28-26(29)30)19-8-4-3-5-9-19/h3-15H,16H2,1-2H3,(H,27,31). The van der Waals surface area contributed by atoms with E-state index in [1.54, 1.807) is 8.97 Å². The van der Waals surface area contributed by atoms with Gasteiger partial charge in [-0.05, 0) is 49.2 Å². The molecule has 0 fully saturated rings. The summed E-state index contributed by atoms with van der Waals surface area (Å²) in [7, 11) is 0. The highest BCUT2D eigenvalue weighted by molar-refractivity contribution is 5.93. The van der Waals surface area contributed by atoms with Gasteiger partial charge < -0.3 is 9.88 Å². The van der Waals surface area contributed by atoms with Gasteiger partial charge in [-0.25, -0.2) is 9.38 Å². The summed E-state index contributed by atoms with van der Waals surface area (Å²) < 4.78 is 3.35. The molecule has 0 aliphatic rings. The maximum absolute atomic E-state index is 13.1. The van der Waals surface area contributed by atoms with Crippen LogP contribution in [-0.2, 0) is 11.3 Å². The molecule has 32 heavy (non-hydrogen) atoms. The molecule has 6 nitrogen and oxygen atoms in total. The number of amides is 1. The zero-order valence-corrected chi connectivity index (χ0v) is 17.9. The van der Waals surface area contributed by atoms with E-state index < -0.39 is 0 Å². The number of imidazole rings is 1. The highest BCUT2D eigenvalue weighted by Gasteiger charge is 2.17. The first-order valence-corrected chi connectivity index (χ1v) is 10.4. The Balaban J connectivity index is 1.62. The van der Waals surface area contributed by atoms with Crippen molar-refractivity contribution in [1.82, 2.24) is 14.0 Å². The SMILES string of the molecule is Cc1ccc(NC(=O)Cn2c3ccccc3n3c(=O)cc(-c4ccccc4)nc23)cc1C. The number of hydrogen-bond acceptors (Lipinski definition) is 3. The normalized spacial score (nSPS) is 11.2. The van der Waals surface area contributed by atoms with E-state index in [0.717, 1.165) is 27.8 Å². The molecule has 5 rings (SSSR count). The minimum Gasteiger partial charge on any atom is -0.325 e. The molecule has 0 radical (unpaired) electrons. The van der Waals surface area contributed by atoms with E-state index in [4.69, 9.17) is 4.98 Å². The molecule has 0 atom stereocenters. The highest BCUT2D eigenvalue weighted by Crippen LogP contribution is 2.22. The van der Waals surface area contributed by atoms with Gasteiger partial charge in [-0.2, -0.15) is 0 Å². The lowest BCUT2D eigenvalue weighted by molar-refractivity contribution is -0.116. The Morgan fingerprint density at radius 3 is 2.34 bits per heavy atom. The number of para-hydroxylation sites is 2. The Labute approximate surface area is 184 Å². The largest absolute Gasteiger partial charge is 0.325 e. The molecule has 0 unspecified atom stereocenters. The van der Waals surface area contributed by atoms with Crippen LogP contribution in [0.2, 0.25) is 0 Å². The number of benzene rings is 3. The van der Waals surface area contributed by atoms with E-state index in [2.05, 4.69) is 5.32 Å². The van der Waals surface area contributed by atoms with Gasteiger partial charge in [0.05, 0.1) is 16.7 Å². The van der Waals surface area contributed by atoms with Crippen molar-refractivity contribution in [3.63, 3.8) is 0 Å². The number of rotatable bonds is 4. The van der Waals surface area contributed by atoms with Crippen molar-refractivity contribution in [3.8, 4) is 11.3 Å². The van der Waals surface area contributed by atoms with E-state index >= 15 is 0 Å². The second-order valence-electron chi connectivity index (χ2n) is 7.90. The van der Waals surface area contributed by atoms with Crippen LogP contribution in [0.3, 0.4) is 0 Å². The molecule has 6 heteroatoms. The summed E-state index contributed by atoms with van der Waals surface area (Å²) in [4.78, 5) is 30.8. The topological polar surface area (TPSA) is 68.4 Å². The van der Waals surface area contributed by atoms with Crippen molar-refractivity contribution >= 4 is 28.4 Å². The predicted molar refractivity (Wildman–Crippen MR) is 127 cm³/mol. The average Bonchev–Trinajstić information content (AvgIpc) is 3.11. The first kappa shape index (κ1) is 19.8. The van der Waals surface area contributed by atoms with Crippen LogP contribution < -0.4 is 10.9 Å². The third-order valence-electron chi connectivity index (χ3n) is 5.72. The summed E-state index contributed by atoms with van der Waals surface area (Å²) in [6.45, 7) is 4.08. The van der Waals surface area contributed by atoms with Crippen LogP contribution in [0, 0.1) is 13.8 Å². The van der Waals surface area contributed by atoms with E-state index in [1.165, 1.54) is 11.6 Å². The van der Waals surface area contributed by atoms with Crippen molar-refractivity contribution in [2.45, 2.75) is 20.4 Å². The Hall–Kier alpha value is -4.19. The van der Waals surface area contributed by atoms with Gasteiger partial charge in [0, 0.05) is 17.3 Å². The average molecular weight is 422 g/mol. The molecule has 0 saturated heterocycles. The minimum atomic E-state index is -0.184. The van der Waals surface area contributed by atoms with Crippen LogP contribution in [0.15, 0.2) is 83.7 Å². The fourth-order valence-electron chi connectivity index (χ4n) is 3.94.